The lowest BCUT2D eigenvalue weighted by atomic mass is 9.95. The number of hydrogen-bond acceptors (Lipinski definition) is 1. The van der Waals surface area contributed by atoms with Crippen molar-refractivity contribution in [1.82, 2.24) is 4.98 Å². The van der Waals surface area contributed by atoms with Crippen LogP contribution in [-0.4, -0.2) is 4.98 Å². The first-order valence-corrected chi connectivity index (χ1v) is 5.45. The van der Waals surface area contributed by atoms with Crippen molar-refractivity contribution in [3.8, 4) is 0 Å². The molecule has 90 valence electrons. The minimum Gasteiger partial charge on any atom is -0.264 e. The van der Waals surface area contributed by atoms with Gasteiger partial charge in [-0.05, 0) is 24.0 Å². The highest BCUT2D eigenvalue weighted by molar-refractivity contribution is 5.26. The van der Waals surface area contributed by atoms with E-state index in [1.807, 2.05) is 13.8 Å². The van der Waals surface area contributed by atoms with E-state index in [9.17, 15) is 13.2 Å². The van der Waals surface area contributed by atoms with Crippen LogP contribution in [0, 0.1) is 5.92 Å². The van der Waals surface area contributed by atoms with E-state index < -0.39 is 11.7 Å². The number of pyridine rings is 1. The lowest BCUT2D eigenvalue weighted by molar-refractivity contribution is -0.138. The summed E-state index contributed by atoms with van der Waals surface area (Å²) in [6.45, 7) is 4.00. The molecule has 1 nitrogen and oxygen atoms in total. The molecule has 0 saturated carbocycles. The van der Waals surface area contributed by atoms with Gasteiger partial charge in [-0.3, -0.25) is 4.98 Å². The molecule has 0 bridgehead atoms. The Morgan fingerprint density at radius 1 is 1.38 bits per heavy atom. The van der Waals surface area contributed by atoms with E-state index in [1.54, 1.807) is 0 Å². The van der Waals surface area contributed by atoms with Crippen molar-refractivity contribution < 1.29 is 13.2 Å². The number of hydrogen-bond donors (Lipinski definition) is 0. The monoisotopic (exact) mass is 231 g/mol. The summed E-state index contributed by atoms with van der Waals surface area (Å²) in [7, 11) is 0. The Hall–Kier alpha value is -1.06. The van der Waals surface area contributed by atoms with E-state index in [4.69, 9.17) is 0 Å². The van der Waals surface area contributed by atoms with Gasteiger partial charge in [0.1, 0.15) is 0 Å². The first-order valence-electron chi connectivity index (χ1n) is 5.45. The number of rotatable bonds is 4. The minimum absolute atomic E-state index is 0.260. The SMILES string of the molecule is CCCC(C)Cc1cnccc1C(F)(F)F. The van der Waals surface area contributed by atoms with Crippen molar-refractivity contribution in [2.45, 2.75) is 39.3 Å². The van der Waals surface area contributed by atoms with Crippen molar-refractivity contribution >= 4 is 0 Å². The van der Waals surface area contributed by atoms with Crippen LogP contribution in [-0.2, 0) is 12.6 Å². The number of aromatic nitrogens is 1. The standard InChI is InChI=1S/C12H16F3N/c1-3-4-9(2)7-10-8-16-6-5-11(10)12(13,14)15/h5-6,8-9H,3-4,7H2,1-2H3. The number of halogens is 3. The van der Waals surface area contributed by atoms with E-state index >= 15 is 0 Å². The molecule has 1 rings (SSSR count). The maximum absolute atomic E-state index is 12.7. The van der Waals surface area contributed by atoms with Crippen molar-refractivity contribution in [2.24, 2.45) is 5.92 Å². The van der Waals surface area contributed by atoms with Crippen LogP contribution in [0.15, 0.2) is 18.5 Å². The molecule has 0 aliphatic heterocycles. The molecule has 0 spiro atoms. The Balaban J connectivity index is 2.87. The van der Waals surface area contributed by atoms with Gasteiger partial charge in [0.25, 0.3) is 0 Å². The zero-order valence-corrected chi connectivity index (χ0v) is 9.51. The summed E-state index contributed by atoms with van der Waals surface area (Å²) in [4.78, 5) is 3.77. The van der Waals surface area contributed by atoms with Crippen LogP contribution in [0.3, 0.4) is 0 Å². The molecular weight excluding hydrogens is 215 g/mol. The Bertz CT molecular complexity index is 333. The van der Waals surface area contributed by atoms with E-state index in [0.717, 1.165) is 18.9 Å². The summed E-state index contributed by atoms with van der Waals surface area (Å²) in [6, 6.07) is 1.05. The van der Waals surface area contributed by atoms with E-state index in [2.05, 4.69) is 4.98 Å². The second-order valence-corrected chi connectivity index (χ2v) is 4.13. The Morgan fingerprint density at radius 2 is 2.06 bits per heavy atom. The van der Waals surface area contributed by atoms with Crippen LogP contribution in [0.4, 0.5) is 13.2 Å². The van der Waals surface area contributed by atoms with E-state index in [1.165, 1.54) is 12.4 Å². The highest BCUT2D eigenvalue weighted by Gasteiger charge is 2.33. The van der Waals surface area contributed by atoms with Gasteiger partial charge in [-0.25, -0.2) is 0 Å². The fourth-order valence-electron chi connectivity index (χ4n) is 1.84. The maximum Gasteiger partial charge on any atom is 0.416 e. The number of alkyl halides is 3. The van der Waals surface area contributed by atoms with Crippen LogP contribution in [0.25, 0.3) is 0 Å². The molecule has 1 unspecified atom stereocenters. The summed E-state index contributed by atoms with van der Waals surface area (Å²) in [5.74, 6) is 0.260. The van der Waals surface area contributed by atoms with Crippen LogP contribution >= 0.6 is 0 Å². The van der Waals surface area contributed by atoms with Gasteiger partial charge >= 0.3 is 6.18 Å². The lowest BCUT2D eigenvalue weighted by Gasteiger charge is -2.15. The molecule has 16 heavy (non-hydrogen) atoms. The number of nitrogens with zero attached hydrogens (tertiary/aromatic N) is 1. The minimum atomic E-state index is -4.27. The molecule has 0 aromatic carbocycles. The zero-order valence-electron chi connectivity index (χ0n) is 9.51. The zero-order chi connectivity index (χ0) is 12.2. The third-order valence-electron chi connectivity index (χ3n) is 2.56. The fourth-order valence-corrected chi connectivity index (χ4v) is 1.84. The Labute approximate surface area is 93.7 Å². The third kappa shape index (κ3) is 3.51. The van der Waals surface area contributed by atoms with E-state index in [0.29, 0.717) is 12.0 Å². The molecule has 0 radical (unpaired) electrons. The molecule has 0 N–H and O–H groups in total. The van der Waals surface area contributed by atoms with Gasteiger partial charge in [0.15, 0.2) is 0 Å². The predicted molar refractivity (Wildman–Crippen MR) is 57.0 cm³/mol. The van der Waals surface area contributed by atoms with Crippen LogP contribution in [0.1, 0.15) is 37.8 Å². The summed E-state index contributed by atoms with van der Waals surface area (Å²) in [5, 5.41) is 0. The molecule has 0 aliphatic rings. The highest BCUT2D eigenvalue weighted by atomic mass is 19.4. The first-order chi connectivity index (χ1) is 7.45. The summed E-state index contributed by atoms with van der Waals surface area (Å²) in [6.07, 6.45) is 0.613. The van der Waals surface area contributed by atoms with Gasteiger partial charge in [0, 0.05) is 12.4 Å². The van der Waals surface area contributed by atoms with Crippen LogP contribution in [0.2, 0.25) is 0 Å². The fraction of sp³-hybridized carbons (Fsp3) is 0.583. The average molecular weight is 231 g/mol. The molecule has 0 saturated heterocycles. The van der Waals surface area contributed by atoms with Gasteiger partial charge in [-0.2, -0.15) is 13.2 Å². The highest BCUT2D eigenvalue weighted by Crippen LogP contribution is 2.32. The lowest BCUT2D eigenvalue weighted by Crippen LogP contribution is -2.11. The molecule has 0 fully saturated rings. The second kappa shape index (κ2) is 5.32. The van der Waals surface area contributed by atoms with Gasteiger partial charge in [-0.15, -0.1) is 0 Å². The van der Waals surface area contributed by atoms with E-state index in [-0.39, 0.29) is 5.92 Å². The molecule has 0 amide bonds. The molecular formula is C12H16F3N. The third-order valence-corrected chi connectivity index (χ3v) is 2.56. The molecule has 1 aromatic rings. The Kier molecular flexibility index (Phi) is 4.33. The van der Waals surface area contributed by atoms with Gasteiger partial charge in [0.2, 0.25) is 0 Å². The maximum atomic E-state index is 12.7. The first kappa shape index (κ1) is 13.0. The predicted octanol–water partition coefficient (Wildman–Crippen LogP) is 4.08. The molecule has 0 aliphatic carbocycles. The molecule has 4 heteroatoms. The topological polar surface area (TPSA) is 12.9 Å². The van der Waals surface area contributed by atoms with Crippen molar-refractivity contribution in [1.29, 1.82) is 0 Å². The van der Waals surface area contributed by atoms with Crippen molar-refractivity contribution in [2.75, 3.05) is 0 Å². The van der Waals surface area contributed by atoms with Gasteiger partial charge in [0.05, 0.1) is 5.56 Å². The largest absolute Gasteiger partial charge is 0.416 e. The van der Waals surface area contributed by atoms with Gasteiger partial charge in [-0.1, -0.05) is 26.7 Å². The smallest absolute Gasteiger partial charge is 0.264 e. The summed E-state index contributed by atoms with van der Waals surface area (Å²) in [5.41, 5.74) is -0.249. The average Bonchev–Trinajstić information content (AvgIpc) is 2.17. The molecule has 1 atom stereocenters. The molecule has 1 heterocycles. The second-order valence-electron chi connectivity index (χ2n) is 4.13. The molecule has 1 aromatic heterocycles. The normalized spacial score (nSPS) is 13.8. The van der Waals surface area contributed by atoms with Crippen molar-refractivity contribution in [3.05, 3.63) is 29.6 Å². The van der Waals surface area contributed by atoms with Gasteiger partial charge < -0.3 is 0 Å². The van der Waals surface area contributed by atoms with Crippen LogP contribution in [0.5, 0.6) is 0 Å². The Morgan fingerprint density at radius 3 is 2.62 bits per heavy atom. The van der Waals surface area contributed by atoms with Crippen LogP contribution < -0.4 is 0 Å². The van der Waals surface area contributed by atoms with Crippen molar-refractivity contribution in [3.63, 3.8) is 0 Å². The summed E-state index contributed by atoms with van der Waals surface area (Å²) >= 11 is 0. The quantitative estimate of drug-likeness (QED) is 0.760. The summed E-state index contributed by atoms with van der Waals surface area (Å²) < 4.78 is 38.0.